The number of rotatable bonds is 3. The van der Waals surface area contributed by atoms with Gasteiger partial charge in [-0.3, -0.25) is 4.79 Å². The molecule has 0 aliphatic carbocycles. The van der Waals surface area contributed by atoms with E-state index in [4.69, 9.17) is 0 Å². The van der Waals surface area contributed by atoms with Crippen LogP contribution < -0.4 is 0 Å². The highest BCUT2D eigenvalue weighted by molar-refractivity contribution is 5.71. The molecule has 1 heterocycles. The summed E-state index contributed by atoms with van der Waals surface area (Å²) in [5.41, 5.74) is 0.654. The third kappa shape index (κ3) is 1.23. The Balaban J connectivity index is 2.79. The number of carbonyl (C=O) groups is 1. The van der Waals surface area contributed by atoms with E-state index in [2.05, 4.69) is 11.9 Å². The van der Waals surface area contributed by atoms with Crippen molar-refractivity contribution in [2.24, 2.45) is 0 Å². The van der Waals surface area contributed by atoms with E-state index in [1.807, 2.05) is 4.57 Å². The summed E-state index contributed by atoms with van der Waals surface area (Å²) < 4.78 is 1.84. The molecule has 0 radical (unpaired) electrons. The SMILES string of the molecule is CCCn1cncc1C=O. The van der Waals surface area contributed by atoms with Crippen LogP contribution in [0.15, 0.2) is 12.5 Å². The first-order chi connectivity index (χ1) is 4.88. The molecule has 0 fully saturated rings. The van der Waals surface area contributed by atoms with Crippen LogP contribution in [0.25, 0.3) is 0 Å². The van der Waals surface area contributed by atoms with Gasteiger partial charge >= 0.3 is 0 Å². The van der Waals surface area contributed by atoms with Crippen molar-refractivity contribution >= 4 is 6.29 Å². The molecule has 0 unspecified atom stereocenters. The van der Waals surface area contributed by atoms with Crippen LogP contribution in [0, 0.1) is 0 Å². The number of hydrogen-bond donors (Lipinski definition) is 0. The number of aldehydes is 1. The highest BCUT2D eigenvalue weighted by atomic mass is 16.1. The fourth-order valence-electron chi connectivity index (χ4n) is 0.857. The van der Waals surface area contributed by atoms with Gasteiger partial charge < -0.3 is 4.57 Å². The van der Waals surface area contributed by atoms with Crippen molar-refractivity contribution in [3.05, 3.63) is 18.2 Å². The largest absolute Gasteiger partial charge is 0.328 e. The van der Waals surface area contributed by atoms with E-state index >= 15 is 0 Å². The summed E-state index contributed by atoms with van der Waals surface area (Å²) in [5.74, 6) is 0. The van der Waals surface area contributed by atoms with Crippen molar-refractivity contribution in [1.29, 1.82) is 0 Å². The topological polar surface area (TPSA) is 34.9 Å². The van der Waals surface area contributed by atoms with Crippen LogP contribution in [0.1, 0.15) is 23.8 Å². The Morgan fingerprint density at radius 2 is 2.60 bits per heavy atom. The molecule has 0 bridgehead atoms. The molecule has 10 heavy (non-hydrogen) atoms. The molecule has 1 rings (SSSR count). The van der Waals surface area contributed by atoms with Crippen molar-refractivity contribution in [3.63, 3.8) is 0 Å². The third-order valence-electron chi connectivity index (χ3n) is 1.33. The van der Waals surface area contributed by atoms with Crippen molar-refractivity contribution in [2.75, 3.05) is 0 Å². The number of nitrogens with zero attached hydrogens (tertiary/aromatic N) is 2. The van der Waals surface area contributed by atoms with Gasteiger partial charge in [0.1, 0.15) is 5.69 Å². The fourth-order valence-corrected chi connectivity index (χ4v) is 0.857. The zero-order valence-electron chi connectivity index (χ0n) is 5.95. The lowest BCUT2D eigenvalue weighted by Crippen LogP contribution is -1.98. The van der Waals surface area contributed by atoms with Crippen LogP contribution in [-0.2, 0) is 6.54 Å². The molecule has 0 amide bonds. The van der Waals surface area contributed by atoms with Gasteiger partial charge in [-0.2, -0.15) is 0 Å². The molecular formula is C7H10N2O. The average molecular weight is 138 g/mol. The molecule has 0 atom stereocenters. The van der Waals surface area contributed by atoms with Crippen LogP contribution in [0.2, 0.25) is 0 Å². The molecule has 0 aromatic carbocycles. The van der Waals surface area contributed by atoms with E-state index in [0.717, 1.165) is 19.3 Å². The van der Waals surface area contributed by atoms with Crippen LogP contribution in [-0.4, -0.2) is 15.8 Å². The second-order valence-electron chi connectivity index (χ2n) is 2.13. The number of carbonyl (C=O) groups excluding carboxylic acids is 1. The van der Waals surface area contributed by atoms with Gasteiger partial charge in [0.05, 0.1) is 12.5 Å². The summed E-state index contributed by atoms with van der Waals surface area (Å²) in [6.45, 7) is 2.93. The molecule has 3 heteroatoms. The third-order valence-corrected chi connectivity index (χ3v) is 1.33. The molecule has 0 aliphatic heterocycles. The summed E-state index contributed by atoms with van der Waals surface area (Å²) in [4.78, 5) is 14.1. The minimum absolute atomic E-state index is 0.654. The lowest BCUT2D eigenvalue weighted by molar-refractivity contribution is 0.111. The van der Waals surface area contributed by atoms with Gasteiger partial charge in [0, 0.05) is 6.54 Å². The Labute approximate surface area is 59.7 Å². The van der Waals surface area contributed by atoms with Crippen molar-refractivity contribution < 1.29 is 4.79 Å². The van der Waals surface area contributed by atoms with E-state index in [1.54, 1.807) is 12.5 Å². The normalized spacial score (nSPS) is 9.70. The summed E-state index contributed by atoms with van der Waals surface area (Å²) in [6, 6.07) is 0. The van der Waals surface area contributed by atoms with Gasteiger partial charge in [0.2, 0.25) is 0 Å². The first-order valence-electron chi connectivity index (χ1n) is 3.33. The Morgan fingerprint density at radius 3 is 3.20 bits per heavy atom. The quantitative estimate of drug-likeness (QED) is 0.586. The predicted octanol–water partition coefficient (Wildman–Crippen LogP) is 1.11. The standard InChI is InChI=1S/C7H10N2O/c1-2-3-9-6-8-4-7(9)5-10/h4-6H,2-3H2,1H3. The molecule has 1 aromatic rings. The molecule has 3 nitrogen and oxygen atoms in total. The minimum Gasteiger partial charge on any atom is -0.328 e. The second-order valence-corrected chi connectivity index (χ2v) is 2.13. The summed E-state index contributed by atoms with van der Waals surface area (Å²) in [6.07, 6.45) is 5.09. The fraction of sp³-hybridized carbons (Fsp3) is 0.429. The van der Waals surface area contributed by atoms with Crippen LogP contribution in [0.4, 0.5) is 0 Å². The zero-order chi connectivity index (χ0) is 7.40. The summed E-state index contributed by atoms with van der Waals surface area (Å²) in [5, 5.41) is 0. The number of aryl methyl sites for hydroxylation is 1. The molecule has 0 aliphatic rings. The van der Waals surface area contributed by atoms with Gasteiger partial charge in [-0.15, -0.1) is 0 Å². The predicted molar refractivity (Wildman–Crippen MR) is 37.9 cm³/mol. The average Bonchev–Trinajstić information content (AvgIpc) is 2.36. The molecule has 0 spiro atoms. The van der Waals surface area contributed by atoms with Gasteiger partial charge in [0.25, 0.3) is 0 Å². The molecule has 0 saturated heterocycles. The van der Waals surface area contributed by atoms with Crippen LogP contribution in [0.3, 0.4) is 0 Å². The Bertz CT molecular complexity index is 217. The maximum Gasteiger partial charge on any atom is 0.168 e. The highest BCUT2D eigenvalue weighted by Gasteiger charge is 1.96. The molecule has 0 N–H and O–H groups in total. The van der Waals surface area contributed by atoms with Gasteiger partial charge in [-0.1, -0.05) is 6.92 Å². The van der Waals surface area contributed by atoms with Crippen molar-refractivity contribution in [3.8, 4) is 0 Å². The van der Waals surface area contributed by atoms with Crippen LogP contribution >= 0.6 is 0 Å². The molecular weight excluding hydrogens is 128 g/mol. The second kappa shape index (κ2) is 3.15. The zero-order valence-corrected chi connectivity index (χ0v) is 5.95. The maximum atomic E-state index is 10.3. The Morgan fingerprint density at radius 1 is 1.80 bits per heavy atom. The monoisotopic (exact) mass is 138 g/mol. The summed E-state index contributed by atoms with van der Waals surface area (Å²) >= 11 is 0. The number of aromatic nitrogens is 2. The summed E-state index contributed by atoms with van der Waals surface area (Å²) in [7, 11) is 0. The van der Waals surface area contributed by atoms with Gasteiger partial charge in [0.15, 0.2) is 6.29 Å². The maximum absolute atomic E-state index is 10.3. The smallest absolute Gasteiger partial charge is 0.168 e. The molecule has 0 saturated carbocycles. The first kappa shape index (κ1) is 6.99. The first-order valence-corrected chi connectivity index (χ1v) is 3.33. The molecule has 54 valence electrons. The van der Waals surface area contributed by atoms with Crippen LogP contribution in [0.5, 0.6) is 0 Å². The van der Waals surface area contributed by atoms with Crippen molar-refractivity contribution in [2.45, 2.75) is 19.9 Å². The van der Waals surface area contributed by atoms with Crippen molar-refractivity contribution in [1.82, 2.24) is 9.55 Å². The Kier molecular flexibility index (Phi) is 2.20. The minimum atomic E-state index is 0.654. The Hall–Kier alpha value is -1.12. The number of hydrogen-bond acceptors (Lipinski definition) is 2. The van der Waals surface area contributed by atoms with Gasteiger partial charge in [-0.05, 0) is 6.42 Å². The van der Waals surface area contributed by atoms with E-state index in [0.29, 0.717) is 5.69 Å². The van der Waals surface area contributed by atoms with E-state index in [9.17, 15) is 4.79 Å². The lowest BCUT2D eigenvalue weighted by Gasteiger charge is -1.98. The highest BCUT2D eigenvalue weighted by Crippen LogP contribution is 1.96. The van der Waals surface area contributed by atoms with E-state index < -0.39 is 0 Å². The van der Waals surface area contributed by atoms with E-state index in [1.165, 1.54) is 0 Å². The lowest BCUT2D eigenvalue weighted by atomic mass is 10.4. The number of imidazole rings is 1. The van der Waals surface area contributed by atoms with Gasteiger partial charge in [-0.25, -0.2) is 4.98 Å². The molecule has 1 aromatic heterocycles. The van der Waals surface area contributed by atoms with E-state index in [-0.39, 0.29) is 0 Å².